The van der Waals surface area contributed by atoms with Gasteiger partial charge < -0.3 is 19.5 Å². The first kappa shape index (κ1) is 22.5. The molecular formula is C24H29N5O5. The Morgan fingerprint density at radius 1 is 1.24 bits per heavy atom. The number of nitrogens with zero attached hydrogens (tertiary/aromatic N) is 4. The lowest BCUT2D eigenvalue weighted by atomic mass is 9.89. The molecule has 10 nitrogen and oxygen atoms in total. The zero-order valence-electron chi connectivity index (χ0n) is 19.6. The molecule has 1 aromatic carbocycles. The Morgan fingerprint density at radius 3 is 2.62 bits per heavy atom. The fraction of sp³-hybridized carbons (Fsp3) is 0.500. The normalized spacial score (nSPS) is 18.1. The maximum absolute atomic E-state index is 12.1. The van der Waals surface area contributed by atoms with Crippen molar-refractivity contribution in [3.05, 3.63) is 46.4 Å². The predicted octanol–water partition coefficient (Wildman–Crippen LogP) is 4.53. The highest BCUT2D eigenvalue weighted by Crippen LogP contribution is 2.41. The van der Waals surface area contributed by atoms with Crippen LogP contribution < -0.4 is 10.1 Å². The summed E-state index contributed by atoms with van der Waals surface area (Å²) in [5.74, 6) is 0.238. The van der Waals surface area contributed by atoms with Crippen molar-refractivity contribution >= 4 is 17.0 Å². The molecule has 0 bridgehead atoms. The number of rotatable bonds is 6. The molecule has 1 saturated heterocycles. The van der Waals surface area contributed by atoms with Crippen molar-refractivity contribution in [2.45, 2.75) is 57.3 Å². The topological polar surface area (TPSA) is 113 Å². The molecule has 1 aliphatic heterocycles. The van der Waals surface area contributed by atoms with Crippen molar-refractivity contribution < 1.29 is 19.1 Å². The van der Waals surface area contributed by atoms with E-state index < -0.39 is 5.79 Å². The maximum Gasteiger partial charge on any atom is 0.292 e. The minimum absolute atomic E-state index is 0.0470. The second-order valence-electron chi connectivity index (χ2n) is 9.22. The number of anilines is 1. The van der Waals surface area contributed by atoms with Crippen LogP contribution in [0.25, 0.3) is 16.8 Å². The van der Waals surface area contributed by atoms with Gasteiger partial charge in [0.2, 0.25) is 0 Å². The first-order valence-corrected chi connectivity index (χ1v) is 11.6. The highest BCUT2D eigenvalue weighted by Gasteiger charge is 2.40. The molecule has 1 spiro atoms. The largest absolute Gasteiger partial charge is 0.493 e. The Kier molecular flexibility index (Phi) is 5.86. The van der Waals surface area contributed by atoms with E-state index in [1.165, 1.54) is 6.33 Å². The maximum atomic E-state index is 12.1. The van der Waals surface area contributed by atoms with Crippen LogP contribution in [0, 0.1) is 10.1 Å². The van der Waals surface area contributed by atoms with Gasteiger partial charge in [-0.25, -0.2) is 9.50 Å². The van der Waals surface area contributed by atoms with Crippen molar-refractivity contribution in [1.82, 2.24) is 14.6 Å². The molecule has 2 aromatic heterocycles. The predicted molar refractivity (Wildman–Crippen MR) is 126 cm³/mol. The number of nitro benzene ring substituents is 1. The standard InChI is InChI=1S/C24H29N5O5/c1-15(2)18-11-20(27-17-4-6-24(7-5-17)33-8-9-34-24)21(29(30)31)12-19(18)16-10-22(32-3)23-25-14-26-28(23)13-16/h10-15,17,27H,4-9H2,1-3H3. The van der Waals surface area contributed by atoms with Crippen LogP contribution in [0.1, 0.15) is 51.0 Å². The van der Waals surface area contributed by atoms with E-state index >= 15 is 0 Å². The quantitative estimate of drug-likeness (QED) is 0.415. The fourth-order valence-electron chi connectivity index (χ4n) is 5.00. The fourth-order valence-corrected chi connectivity index (χ4v) is 5.00. The van der Waals surface area contributed by atoms with E-state index in [2.05, 4.69) is 29.2 Å². The molecule has 10 heteroatoms. The number of nitro groups is 1. The molecule has 1 N–H and O–H groups in total. The number of aromatic nitrogens is 3. The van der Waals surface area contributed by atoms with Crippen LogP contribution in [-0.4, -0.2) is 51.7 Å². The van der Waals surface area contributed by atoms with E-state index in [9.17, 15) is 10.1 Å². The minimum Gasteiger partial charge on any atom is -0.493 e. The highest BCUT2D eigenvalue weighted by molar-refractivity contribution is 5.79. The number of methoxy groups -OCH3 is 1. The van der Waals surface area contributed by atoms with Crippen LogP contribution in [0.2, 0.25) is 0 Å². The summed E-state index contributed by atoms with van der Waals surface area (Å²) in [6, 6.07) is 5.55. The Hall–Kier alpha value is -3.24. The van der Waals surface area contributed by atoms with E-state index in [4.69, 9.17) is 14.2 Å². The van der Waals surface area contributed by atoms with Crippen molar-refractivity contribution in [1.29, 1.82) is 0 Å². The number of hydrogen-bond acceptors (Lipinski definition) is 8. The average molecular weight is 468 g/mol. The number of nitrogens with one attached hydrogen (secondary N) is 1. The summed E-state index contributed by atoms with van der Waals surface area (Å²) in [7, 11) is 1.57. The van der Waals surface area contributed by atoms with Gasteiger partial charge in [0.15, 0.2) is 17.2 Å². The number of hydrogen-bond donors (Lipinski definition) is 1. The van der Waals surface area contributed by atoms with Crippen LogP contribution in [0.15, 0.2) is 30.7 Å². The summed E-state index contributed by atoms with van der Waals surface area (Å²) < 4.78 is 18.8. The monoisotopic (exact) mass is 467 g/mol. The third-order valence-electron chi connectivity index (χ3n) is 6.78. The summed E-state index contributed by atoms with van der Waals surface area (Å²) in [6.07, 6.45) is 6.50. The van der Waals surface area contributed by atoms with Gasteiger partial charge in [-0.05, 0) is 42.0 Å². The Bertz CT molecular complexity index is 1210. The lowest BCUT2D eigenvalue weighted by Gasteiger charge is -2.36. The zero-order chi connectivity index (χ0) is 23.9. The van der Waals surface area contributed by atoms with E-state index in [0.717, 1.165) is 42.4 Å². The molecule has 1 saturated carbocycles. The van der Waals surface area contributed by atoms with Gasteiger partial charge in [0, 0.05) is 36.7 Å². The van der Waals surface area contributed by atoms with Crippen molar-refractivity contribution in [3.63, 3.8) is 0 Å². The number of ether oxygens (including phenoxy) is 3. The molecule has 3 aromatic rings. The smallest absolute Gasteiger partial charge is 0.292 e. The molecule has 0 atom stereocenters. The molecular weight excluding hydrogens is 438 g/mol. The second-order valence-corrected chi connectivity index (χ2v) is 9.22. The molecule has 34 heavy (non-hydrogen) atoms. The third kappa shape index (κ3) is 4.07. The van der Waals surface area contributed by atoms with Gasteiger partial charge in [0.05, 0.1) is 25.2 Å². The van der Waals surface area contributed by atoms with Crippen molar-refractivity contribution in [3.8, 4) is 16.9 Å². The second kappa shape index (κ2) is 8.84. The first-order valence-electron chi connectivity index (χ1n) is 11.6. The summed E-state index contributed by atoms with van der Waals surface area (Å²) in [5, 5.41) is 19.8. The van der Waals surface area contributed by atoms with E-state index in [1.54, 1.807) is 17.7 Å². The summed E-state index contributed by atoms with van der Waals surface area (Å²) in [6.45, 7) is 5.43. The van der Waals surface area contributed by atoms with Gasteiger partial charge in [0.1, 0.15) is 12.0 Å². The van der Waals surface area contributed by atoms with Crippen molar-refractivity contribution in [2.75, 3.05) is 25.6 Å². The number of benzene rings is 1. The molecule has 3 heterocycles. The Balaban J connectivity index is 1.51. The SMILES string of the molecule is COc1cc(-c2cc([N+](=O)[O-])c(NC3CCC4(CC3)OCCO4)cc2C(C)C)cn2ncnc12. The number of fused-ring (bicyclic) bond motifs is 1. The lowest BCUT2D eigenvalue weighted by molar-refractivity contribution is -0.383. The number of pyridine rings is 1. The van der Waals surface area contributed by atoms with E-state index in [0.29, 0.717) is 30.3 Å². The Morgan fingerprint density at radius 2 is 1.97 bits per heavy atom. The molecule has 0 radical (unpaired) electrons. The van der Waals surface area contributed by atoms with Crippen LogP contribution in [0.3, 0.4) is 0 Å². The molecule has 2 aliphatic rings. The van der Waals surface area contributed by atoms with Gasteiger partial charge in [-0.3, -0.25) is 10.1 Å². The first-order chi connectivity index (χ1) is 16.4. The zero-order valence-corrected chi connectivity index (χ0v) is 19.6. The van der Waals surface area contributed by atoms with Gasteiger partial charge in [-0.1, -0.05) is 13.8 Å². The van der Waals surface area contributed by atoms with Gasteiger partial charge in [-0.2, -0.15) is 5.10 Å². The summed E-state index contributed by atoms with van der Waals surface area (Å²) in [5.41, 5.74) is 3.74. The molecule has 0 amide bonds. The Labute approximate surface area is 197 Å². The third-order valence-corrected chi connectivity index (χ3v) is 6.78. The van der Waals surface area contributed by atoms with Gasteiger partial charge in [0.25, 0.3) is 5.69 Å². The minimum atomic E-state index is -0.462. The van der Waals surface area contributed by atoms with Crippen LogP contribution in [0.5, 0.6) is 5.75 Å². The molecule has 5 rings (SSSR count). The summed E-state index contributed by atoms with van der Waals surface area (Å²) in [4.78, 5) is 16.0. The van der Waals surface area contributed by atoms with Gasteiger partial charge in [-0.15, -0.1) is 0 Å². The van der Waals surface area contributed by atoms with Crippen LogP contribution >= 0.6 is 0 Å². The van der Waals surface area contributed by atoms with Crippen LogP contribution in [0.4, 0.5) is 11.4 Å². The van der Waals surface area contributed by atoms with E-state index in [-0.39, 0.29) is 22.6 Å². The summed E-state index contributed by atoms with van der Waals surface area (Å²) >= 11 is 0. The van der Waals surface area contributed by atoms with Gasteiger partial charge >= 0.3 is 0 Å². The molecule has 1 aliphatic carbocycles. The molecule has 2 fully saturated rings. The van der Waals surface area contributed by atoms with Crippen molar-refractivity contribution in [2.24, 2.45) is 0 Å². The molecule has 180 valence electrons. The van der Waals surface area contributed by atoms with E-state index in [1.807, 2.05) is 18.3 Å². The highest BCUT2D eigenvalue weighted by atomic mass is 16.7. The molecule has 0 unspecified atom stereocenters. The lowest BCUT2D eigenvalue weighted by Crippen LogP contribution is -2.39. The average Bonchev–Trinajstić information content (AvgIpc) is 3.49. The van der Waals surface area contributed by atoms with Crippen LogP contribution in [-0.2, 0) is 9.47 Å².